The number of rotatable bonds is 6. The summed E-state index contributed by atoms with van der Waals surface area (Å²) in [5.74, 6) is 2.13. The molecule has 1 saturated heterocycles. The van der Waals surface area contributed by atoms with Gasteiger partial charge in [0.1, 0.15) is 6.61 Å². The Balaban J connectivity index is 1.17. The van der Waals surface area contributed by atoms with Crippen LogP contribution in [-0.4, -0.2) is 74.0 Å². The van der Waals surface area contributed by atoms with E-state index >= 15 is 0 Å². The number of carbonyl (C=O) groups is 1. The molecule has 37 heavy (non-hydrogen) atoms. The van der Waals surface area contributed by atoms with E-state index in [0.29, 0.717) is 19.6 Å². The van der Waals surface area contributed by atoms with Crippen molar-refractivity contribution in [3.8, 4) is 0 Å². The van der Waals surface area contributed by atoms with Crippen LogP contribution in [0.25, 0.3) is 0 Å². The first-order valence-corrected chi connectivity index (χ1v) is 12.8. The lowest BCUT2D eigenvalue weighted by molar-refractivity contribution is -0.139. The summed E-state index contributed by atoms with van der Waals surface area (Å²) in [6, 6.07) is 8.43. The number of hydrogen-bond donors (Lipinski definition) is 1. The smallest absolute Gasteiger partial charge is 0.368 e. The van der Waals surface area contributed by atoms with Crippen LogP contribution in [0.15, 0.2) is 58.6 Å². The monoisotopic (exact) mass is 514 g/mol. The molecule has 1 amide bonds. The minimum Gasteiger partial charge on any atom is -0.368 e. The molecule has 0 bridgehead atoms. The van der Waals surface area contributed by atoms with Crippen LogP contribution in [0.3, 0.4) is 0 Å². The van der Waals surface area contributed by atoms with Crippen molar-refractivity contribution < 1.29 is 22.7 Å². The van der Waals surface area contributed by atoms with Gasteiger partial charge in [-0.25, -0.2) is 0 Å². The number of anilines is 1. The number of amides is 1. The molecule has 0 spiro atoms. The lowest BCUT2D eigenvalue weighted by Crippen LogP contribution is -2.50. The van der Waals surface area contributed by atoms with Crippen molar-refractivity contribution >= 4 is 23.2 Å². The number of benzene rings is 1. The van der Waals surface area contributed by atoms with Crippen molar-refractivity contribution in [2.45, 2.75) is 44.9 Å². The van der Waals surface area contributed by atoms with Gasteiger partial charge in [0.25, 0.3) is 0 Å². The predicted molar refractivity (Wildman–Crippen MR) is 138 cm³/mol. The van der Waals surface area contributed by atoms with Crippen LogP contribution in [0.4, 0.5) is 18.9 Å². The summed E-state index contributed by atoms with van der Waals surface area (Å²) in [4.78, 5) is 21.2. The number of hydrogen-bond acceptors (Lipinski definition) is 5. The van der Waals surface area contributed by atoms with E-state index in [0.717, 1.165) is 44.8 Å². The predicted octanol–water partition coefficient (Wildman–Crippen LogP) is 4.89. The molecule has 1 aromatic rings. The highest BCUT2D eigenvalue weighted by Gasteiger charge is 2.37. The minimum atomic E-state index is -4.55. The molecule has 1 saturated carbocycles. The van der Waals surface area contributed by atoms with Crippen LogP contribution in [0.2, 0.25) is 0 Å². The average molecular weight is 515 g/mol. The largest absolute Gasteiger partial charge is 0.417 e. The molecule has 3 aliphatic rings. The van der Waals surface area contributed by atoms with Crippen LogP contribution in [0.1, 0.15) is 31.2 Å². The molecule has 2 aliphatic carbocycles. The number of ether oxygens (including phenoxy) is 1. The Hall–Kier alpha value is -3.16. The number of piperazine rings is 1. The summed E-state index contributed by atoms with van der Waals surface area (Å²) in [6.07, 6.45) is 2.52. The molecule has 4 rings (SSSR count). The zero-order valence-electron chi connectivity index (χ0n) is 21.1. The first-order valence-electron chi connectivity index (χ1n) is 12.8. The van der Waals surface area contributed by atoms with Crippen molar-refractivity contribution in [3.63, 3.8) is 0 Å². The average Bonchev–Trinajstić information content (AvgIpc) is 2.91. The number of nitrogens with one attached hydrogen (secondary N) is 1. The maximum Gasteiger partial charge on any atom is 0.417 e. The van der Waals surface area contributed by atoms with Gasteiger partial charge >= 0.3 is 6.18 Å². The Kier molecular flexibility index (Phi) is 8.67. The Morgan fingerprint density at radius 2 is 1.76 bits per heavy atom. The van der Waals surface area contributed by atoms with Gasteiger partial charge in [-0.1, -0.05) is 17.7 Å². The highest BCUT2D eigenvalue weighted by Crippen LogP contribution is 2.33. The SMILES string of the molecule is Cc1ccc(N2CCN(C(=O)COC3CCC(CN=C4C=CC(=C=N)C(C(F)(F)F)=C4)CC3)CC2)cc1. The number of nitrogens with zero attached hydrogens (tertiary/aromatic N) is 3. The third-order valence-electron chi connectivity index (χ3n) is 7.24. The molecule has 0 atom stereocenters. The quantitative estimate of drug-likeness (QED) is 0.550. The lowest BCUT2D eigenvalue weighted by atomic mass is 9.87. The topological polar surface area (TPSA) is 69.0 Å². The molecule has 1 heterocycles. The summed E-state index contributed by atoms with van der Waals surface area (Å²) < 4.78 is 45.5. The van der Waals surface area contributed by atoms with E-state index in [9.17, 15) is 18.0 Å². The summed E-state index contributed by atoms with van der Waals surface area (Å²) in [5.41, 5.74) is 1.50. The van der Waals surface area contributed by atoms with Crippen molar-refractivity contribution in [2.75, 3.05) is 44.2 Å². The minimum absolute atomic E-state index is 0.0202. The second kappa shape index (κ2) is 11.9. The summed E-state index contributed by atoms with van der Waals surface area (Å²) in [6.45, 7) is 5.56. The molecule has 1 aliphatic heterocycles. The van der Waals surface area contributed by atoms with E-state index in [-0.39, 0.29) is 35.8 Å². The van der Waals surface area contributed by atoms with Gasteiger partial charge in [-0.3, -0.25) is 15.2 Å². The van der Waals surface area contributed by atoms with Crippen LogP contribution >= 0.6 is 0 Å². The molecule has 0 unspecified atom stereocenters. The molecule has 0 aromatic heterocycles. The van der Waals surface area contributed by atoms with Gasteiger partial charge in [-0.15, -0.1) is 0 Å². The molecular formula is C28H33F3N4O2. The number of aryl methyl sites for hydroxylation is 1. The molecule has 1 aromatic carbocycles. The zero-order valence-corrected chi connectivity index (χ0v) is 21.1. The zero-order chi connectivity index (χ0) is 26.4. The van der Waals surface area contributed by atoms with Crippen molar-refractivity contribution in [1.82, 2.24) is 4.90 Å². The highest BCUT2D eigenvalue weighted by atomic mass is 19.4. The summed E-state index contributed by atoms with van der Waals surface area (Å²) in [5, 5.41) is 7.06. The fraction of sp³-hybridized carbons (Fsp3) is 0.500. The molecule has 198 valence electrons. The Labute approximate surface area is 215 Å². The highest BCUT2D eigenvalue weighted by molar-refractivity contribution is 6.07. The van der Waals surface area contributed by atoms with E-state index in [2.05, 4.69) is 41.1 Å². The van der Waals surface area contributed by atoms with E-state index in [1.54, 1.807) is 0 Å². The van der Waals surface area contributed by atoms with E-state index in [1.165, 1.54) is 23.4 Å². The fourth-order valence-corrected chi connectivity index (χ4v) is 4.94. The van der Waals surface area contributed by atoms with E-state index < -0.39 is 11.7 Å². The molecule has 2 fully saturated rings. The second-order valence-corrected chi connectivity index (χ2v) is 9.85. The van der Waals surface area contributed by atoms with Crippen LogP contribution in [0.5, 0.6) is 0 Å². The van der Waals surface area contributed by atoms with Gasteiger partial charge in [0.15, 0.2) is 0 Å². The van der Waals surface area contributed by atoms with Crippen molar-refractivity contribution in [1.29, 1.82) is 5.41 Å². The third-order valence-corrected chi connectivity index (χ3v) is 7.24. The number of carbonyl (C=O) groups excluding carboxylic acids is 1. The van der Waals surface area contributed by atoms with Gasteiger partial charge in [0.2, 0.25) is 5.91 Å². The van der Waals surface area contributed by atoms with Gasteiger partial charge in [-0.05, 0) is 74.8 Å². The van der Waals surface area contributed by atoms with Gasteiger partial charge in [0.05, 0.1) is 17.4 Å². The summed E-state index contributed by atoms with van der Waals surface area (Å²) >= 11 is 0. The van der Waals surface area contributed by atoms with Crippen LogP contribution in [0, 0.1) is 18.3 Å². The number of aliphatic imine (C=N–C) groups is 1. The Morgan fingerprint density at radius 1 is 1.08 bits per heavy atom. The van der Waals surface area contributed by atoms with Crippen LogP contribution < -0.4 is 4.90 Å². The number of halogens is 3. The molecule has 6 nitrogen and oxygen atoms in total. The van der Waals surface area contributed by atoms with Gasteiger partial charge < -0.3 is 14.5 Å². The number of alkyl halides is 3. The normalized spacial score (nSPS) is 23.7. The van der Waals surface area contributed by atoms with Crippen LogP contribution in [-0.2, 0) is 9.53 Å². The summed E-state index contributed by atoms with van der Waals surface area (Å²) in [7, 11) is 0. The lowest BCUT2D eigenvalue weighted by Gasteiger charge is -2.36. The first kappa shape index (κ1) is 26.9. The Morgan fingerprint density at radius 3 is 2.38 bits per heavy atom. The van der Waals surface area contributed by atoms with Gasteiger partial charge in [0, 0.05) is 44.0 Å². The fourth-order valence-electron chi connectivity index (χ4n) is 4.94. The molecule has 1 N–H and O–H groups in total. The van der Waals surface area contributed by atoms with Crippen molar-refractivity contribution in [3.05, 3.63) is 59.2 Å². The maximum absolute atomic E-state index is 13.2. The maximum atomic E-state index is 13.2. The molecule has 0 radical (unpaired) electrons. The van der Waals surface area contributed by atoms with E-state index in [4.69, 9.17) is 10.1 Å². The van der Waals surface area contributed by atoms with Crippen molar-refractivity contribution in [2.24, 2.45) is 10.9 Å². The molecule has 9 heteroatoms. The number of allylic oxidation sites excluding steroid dienone is 5. The third kappa shape index (κ3) is 7.21. The van der Waals surface area contributed by atoms with E-state index in [1.807, 2.05) is 10.8 Å². The Bertz CT molecular complexity index is 1100. The molecular weight excluding hydrogens is 481 g/mol. The standard InChI is InChI=1S/C28H33F3N4O2/c1-20-2-8-24(9-3-20)34-12-14-35(15-13-34)27(36)19-37-25-10-4-21(5-11-25)18-33-23-7-6-22(17-32)26(16-23)28(29,30)31/h2-3,6-9,16,21,25,32H,4-5,10-15,18-19H2,1H3. The van der Waals surface area contributed by atoms with Gasteiger partial charge in [-0.2, -0.15) is 13.2 Å². The second-order valence-electron chi connectivity index (χ2n) is 9.85. The first-order chi connectivity index (χ1) is 17.7.